The molecule has 2 N–H and O–H groups in total. The van der Waals surface area contributed by atoms with Gasteiger partial charge in [-0.05, 0) is 43.4 Å². The van der Waals surface area contributed by atoms with Crippen LogP contribution in [0.1, 0.15) is 41.5 Å². The summed E-state index contributed by atoms with van der Waals surface area (Å²) in [6.45, 7) is 5.52. The van der Waals surface area contributed by atoms with Crippen LogP contribution < -0.4 is 5.32 Å². The Labute approximate surface area is 195 Å². The zero-order chi connectivity index (χ0) is 24.7. The van der Waals surface area contributed by atoms with E-state index in [0.29, 0.717) is 18.3 Å². The quantitative estimate of drug-likeness (QED) is 0.652. The van der Waals surface area contributed by atoms with E-state index in [0.717, 1.165) is 58.0 Å². The van der Waals surface area contributed by atoms with E-state index >= 15 is 0 Å². The summed E-state index contributed by atoms with van der Waals surface area (Å²) in [6, 6.07) is 6.15. The van der Waals surface area contributed by atoms with Gasteiger partial charge in [0.25, 0.3) is 5.91 Å². The smallest absolute Gasteiger partial charge is 0.475 e. The predicted octanol–water partition coefficient (Wildman–Crippen LogP) is 2.46. The van der Waals surface area contributed by atoms with Crippen LogP contribution in [0.2, 0.25) is 0 Å². The number of carboxylic acids is 1. The molecular formula is C22H30F3N5O4. The second-order valence-electron chi connectivity index (χ2n) is 8.52. The Balaban J connectivity index is 0.000000406. The van der Waals surface area contributed by atoms with Crippen LogP contribution in [0.4, 0.5) is 13.2 Å². The fraction of sp³-hybridized carbons (Fsp3) is 0.591. The number of carbonyl (C=O) groups is 2. The molecule has 0 aromatic carbocycles. The molecule has 1 amide bonds. The molecule has 0 spiro atoms. The van der Waals surface area contributed by atoms with E-state index in [1.807, 2.05) is 36.1 Å². The zero-order valence-corrected chi connectivity index (χ0v) is 19.0. The summed E-state index contributed by atoms with van der Waals surface area (Å²) in [4.78, 5) is 23.8. The number of aromatic nitrogens is 3. The molecule has 4 rings (SSSR count). The number of carbonyl (C=O) groups excluding carboxylic acids is 1. The SMILES string of the molecule is Cn1cccc1C(=O)NCCC1CN(CC2CCOCC2)Cc2ccnn21.O=C(O)C(F)(F)F. The van der Waals surface area contributed by atoms with E-state index in [9.17, 15) is 18.0 Å². The molecule has 2 aromatic rings. The number of amides is 1. The molecule has 0 aliphatic carbocycles. The number of aliphatic carboxylic acids is 1. The lowest BCUT2D eigenvalue weighted by atomic mass is 9.98. The van der Waals surface area contributed by atoms with Crippen molar-refractivity contribution >= 4 is 11.9 Å². The molecule has 1 unspecified atom stereocenters. The van der Waals surface area contributed by atoms with Crippen molar-refractivity contribution in [3.63, 3.8) is 0 Å². The van der Waals surface area contributed by atoms with Crippen molar-refractivity contribution in [3.8, 4) is 0 Å². The Bertz CT molecular complexity index is 952. The minimum atomic E-state index is -5.08. The molecular weight excluding hydrogens is 455 g/mol. The summed E-state index contributed by atoms with van der Waals surface area (Å²) in [5, 5.41) is 14.7. The van der Waals surface area contributed by atoms with Crippen molar-refractivity contribution in [2.24, 2.45) is 13.0 Å². The minimum Gasteiger partial charge on any atom is -0.475 e. The molecule has 1 fully saturated rings. The Morgan fingerprint density at radius 3 is 2.59 bits per heavy atom. The fourth-order valence-corrected chi connectivity index (χ4v) is 4.25. The molecule has 34 heavy (non-hydrogen) atoms. The van der Waals surface area contributed by atoms with Gasteiger partial charge in [0.1, 0.15) is 5.69 Å². The Morgan fingerprint density at radius 1 is 1.26 bits per heavy atom. The molecule has 4 heterocycles. The normalized spacial score (nSPS) is 19.1. The lowest BCUT2D eigenvalue weighted by Crippen LogP contribution is -2.42. The Morgan fingerprint density at radius 2 is 1.97 bits per heavy atom. The van der Waals surface area contributed by atoms with E-state index < -0.39 is 12.1 Å². The maximum Gasteiger partial charge on any atom is 0.490 e. The van der Waals surface area contributed by atoms with E-state index in [1.165, 1.54) is 5.69 Å². The number of rotatable bonds is 6. The third kappa shape index (κ3) is 7.07. The monoisotopic (exact) mass is 485 g/mol. The van der Waals surface area contributed by atoms with Crippen molar-refractivity contribution < 1.29 is 32.6 Å². The van der Waals surface area contributed by atoms with E-state index in [1.54, 1.807) is 0 Å². The summed E-state index contributed by atoms with van der Waals surface area (Å²) in [7, 11) is 1.89. The third-order valence-corrected chi connectivity index (χ3v) is 5.99. The van der Waals surface area contributed by atoms with Crippen LogP contribution in [-0.2, 0) is 23.1 Å². The third-order valence-electron chi connectivity index (χ3n) is 5.99. The van der Waals surface area contributed by atoms with Crippen LogP contribution in [0.15, 0.2) is 30.6 Å². The van der Waals surface area contributed by atoms with Crippen LogP contribution in [0, 0.1) is 5.92 Å². The highest BCUT2D eigenvalue weighted by molar-refractivity contribution is 5.92. The number of nitrogens with zero attached hydrogens (tertiary/aromatic N) is 4. The van der Waals surface area contributed by atoms with Crippen LogP contribution in [-0.4, -0.2) is 75.3 Å². The highest BCUT2D eigenvalue weighted by Gasteiger charge is 2.38. The van der Waals surface area contributed by atoms with Crippen molar-refractivity contribution in [1.82, 2.24) is 24.6 Å². The summed E-state index contributed by atoms with van der Waals surface area (Å²) >= 11 is 0. The number of aryl methyl sites for hydroxylation is 1. The second-order valence-corrected chi connectivity index (χ2v) is 8.52. The molecule has 1 atom stereocenters. The van der Waals surface area contributed by atoms with Gasteiger partial charge in [-0.3, -0.25) is 14.4 Å². The molecule has 0 bridgehead atoms. The average molecular weight is 486 g/mol. The molecule has 2 aromatic heterocycles. The summed E-state index contributed by atoms with van der Waals surface area (Å²) in [6.07, 6.45) is 1.90. The van der Waals surface area contributed by atoms with Gasteiger partial charge >= 0.3 is 12.1 Å². The average Bonchev–Trinajstić information content (AvgIpc) is 3.43. The molecule has 9 nitrogen and oxygen atoms in total. The Hall–Kier alpha value is -2.86. The van der Waals surface area contributed by atoms with Gasteiger partial charge in [0.15, 0.2) is 0 Å². The minimum absolute atomic E-state index is 0.0157. The van der Waals surface area contributed by atoms with Gasteiger partial charge in [0.2, 0.25) is 0 Å². The topological polar surface area (TPSA) is 102 Å². The van der Waals surface area contributed by atoms with Crippen molar-refractivity contribution in [1.29, 1.82) is 0 Å². The highest BCUT2D eigenvalue weighted by Crippen LogP contribution is 2.25. The maximum absolute atomic E-state index is 12.3. The van der Waals surface area contributed by atoms with Gasteiger partial charge in [-0.25, -0.2) is 4.79 Å². The highest BCUT2D eigenvalue weighted by atomic mass is 19.4. The molecule has 12 heteroatoms. The van der Waals surface area contributed by atoms with Crippen LogP contribution >= 0.6 is 0 Å². The van der Waals surface area contributed by atoms with E-state index in [2.05, 4.69) is 26.1 Å². The Kier molecular flexibility index (Phi) is 8.72. The molecule has 2 aliphatic rings. The predicted molar refractivity (Wildman–Crippen MR) is 116 cm³/mol. The number of alkyl halides is 3. The lowest BCUT2D eigenvalue weighted by molar-refractivity contribution is -0.192. The lowest BCUT2D eigenvalue weighted by Gasteiger charge is -2.36. The number of nitrogens with one attached hydrogen (secondary N) is 1. The first-order valence-electron chi connectivity index (χ1n) is 11.2. The second kappa shape index (κ2) is 11.5. The van der Waals surface area contributed by atoms with Gasteiger partial charge in [-0.15, -0.1) is 0 Å². The zero-order valence-electron chi connectivity index (χ0n) is 19.0. The van der Waals surface area contributed by atoms with Gasteiger partial charge < -0.3 is 19.7 Å². The summed E-state index contributed by atoms with van der Waals surface area (Å²) in [5.41, 5.74) is 1.96. The number of hydrogen-bond acceptors (Lipinski definition) is 5. The standard InChI is InChI=1S/C20H29N5O2.C2HF3O2/c1-23-10-2-3-19(23)20(26)21-8-4-17-14-24(13-16-6-11-27-12-7-16)15-18-5-9-22-25(17)18;3-2(4,5)1(6)7/h2-3,5,9-10,16-17H,4,6-8,11-15H2,1H3,(H,21,26);(H,6,7). The van der Waals surface area contributed by atoms with Crippen LogP contribution in [0.5, 0.6) is 0 Å². The fourth-order valence-electron chi connectivity index (χ4n) is 4.25. The van der Waals surface area contributed by atoms with Crippen molar-refractivity contribution in [3.05, 3.63) is 42.0 Å². The number of hydrogen-bond donors (Lipinski definition) is 2. The first-order chi connectivity index (χ1) is 16.1. The van der Waals surface area contributed by atoms with Gasteiger partial charge in [-0.2, -0.15) is 18.3 Å². The number of ether oxygens (including phenoxy) is 1. The molecule has 0 saturated carbocycles. The molecule has 188 valence electrons. The molecule has 1 saturated heterocycles. The number of halogens is 3. The molecule has 0 radical (unpaired) electrons. The van der Waals surface area contributed by atoms with E-state index in [-0.39, 0.29) is 5.91 Å². The summed E-state index contributed by atoms with van der Waals surface area (Å²) in [5.74, 6) is -2.04. The van der Waals surface area contributed by atoms with Crippen LogP contribution in [0.3, 0.4) is 0 Å². The van der Waals surface area contributed by atoms with Crippen molar-refractivity contribution in [2.45, 2.75) is 38.0 Å². The number of fused-ring (bicyclic) bond motifs is 1. The first-order valence-corrected chi connectivity index (χ1v) is 11.2. The van der Waals surface area contributed by atoms with Gasteiger partial charge in [0.05, 0.1) is 11.7 Å². The summed E-state index contributed by atoms with van der Waals surface area (Å²) < 4.78 is 41.2. The maximum atomic E-state index is 12.3. The van der Waals surface area contributed by atoms with E-state index in [4.69, 9.17) is 14.6 Å². The molecule has 2 aliphatic heterocycles. The first kappa shape index (κ1) is 25.8. The largest absolute Gasteiger partial charge is 0.490 e. The number of carboxylic acid groups (broad SMARTS) is 1. The van der Waals surface area contributed by atoms with Gasteiger partial charge in [0, 0.05) is 58.8 Å². The van der Waals surface area contributed by atoms with Gasteiger partial charge in [-0.1, -0.05) is 0 Å². The van der Waals surface area contributed by atoms with Crippen LogP contribution in [0.25, 0.3) is 0 Å². The van der Waals surface area contributed by atoms with Crippen molar-refractivity contribution in [2.75, 3.05) is 32.8 Å².